The van der Waals surface area contributed by atoms with E-state index in [1.165, 1.54) is 19.3 Å². The maximum absolute atomic E-state index is 13.7. The number of benzene rings is 1. The van der Waals surface area contributed by atoms with Crippen LogP contribution in [0.4, 0.5) is 5.69 Å². The van der Waals surface area contributed by atoms with Crippen LogP contribution in [0.1, 0.15) is 63.9 Å². The molecule has 6 nitrogen and oxygen atoms in total. The van der Waals surface area contributed by atoms with Crippen LogP contribution in [0.15, 0.2) is 24.3 Å². The molecule has 174 valence electrons. The first kappa shape index (κ1) is 22.8. The third-order valence-electron chi connectivity index (χ3n) is 7.68. The normalized spacial score (nSPS) is 27.8. The van der Waals surface area contributed by atoms with Gasteiger partial charge in [0.2, 0.25) is 17.7 Å². The third kappa shape index (κ3) is 5.16. The van der Waals surface area contributed by atoms with E-state index in [0.29, 0.717) is 30.0 Å². The van der Waals surface area contributed by atoms with Gasteiger partial charge in [0.15, 0.2) is 0 Å². The van der Waals surface area contributed by atoms with Gasteiger partial charge in [-0.2, -0.15) is 0 Å². The molecule has 0 heterocycles. The molecule has 0 radical (unpaired) electrons. The van der Waals surface area contributed by atoms with E-state index in [-0.39, 0.29) is 36.2 Å². The topological polar surface area (TPSA) is 78.5 Å². The fourth-order valence-electron chi connectivity index (χ4n) is 6.56. The Balaban J connectivity index is 1.33. The molecule has 0 spiro atoms. The molecule has 5 rings (SSSR count). The summed E-state index contributed by atoms with van der Waals surface area (Å²) < 4.78 is 0. The molecular formula is C26H37N3O3. The highest BCUT2D eigenvalue weighted by Gasteiger charge is 2.55. The van der Waals surface area contributed by atoms with E-state index >= 15 is 0 Å². The molecule has 0 saturated heterocycles. The Kier molecular flexibility index (Phi) is 6.87. The van der Waals surface area contributed by atoms with E-state index in [4.69, 9.17) is 0 Å². The molecule has 6 heteroatoms. The van der Waals surface area contributed by atoms with Crippen molar-refractivity contribution in [3.63, 3.8) is 0 Å². The van der Waals surface area contributed by atoms with E-state index in [0.717, 1.165) is 37.7 Å². The number of amides is 3. The molecule has 0 atom stereocenters. The molecule has 4 aliphatic carbocycles. The SMILES string of the molecule is CCCCN(CC(=O)NCC(=O)Nc1ccc(C)cc1)C(=O)C12CC3CC(CC(C3)C1)C2. The number of nitrogens with zero attached hydrogens (tertiary/aromatic N) is 1. The zero-order valence-electron chi connectivity index (χ0n) is 19.5. The molecule has 4 aliphatic rings. The van der Waals surface area contributed by atoms with Gasteiger partial charge in [-0.25, -0.2) is 0 Å². The van der Waals surface area contributed by atoms with Crippen molar-refractivity contribution in [1.82, 2.24) is 10.2 Å². The maximum atomic E-state index is 13.7. The van der Waals surface area contributed by atoms with Crippen molar-refractivity contribution < 1.29 is 14.4 Å². The first-order chi connectivity index (χ1) is 15.4. The Morgan fingerprint density at radius 2 is 1.56 bits per heavy atom. The minimum Gasteiger partial charge on any atom is -0.345 e. The molecule has 1 aromatic carbocycles. The van der Waals surface area contributed by atoms with Crippen LogP contribution in [0.25, 0.3) is 0 Å². The average Bonchev–Trinajstić information content (AvgIpc) is 2.75. The predicted octanol–water partition coefficient (Wildman–Crippen LogP) is 3.89. The molecule has 4 saturated carbocycles. The highest BCUT2D eigenvalue weighted by atomic mass is 16.2. The first-order valence-corrected chi connectivity index (χ1v) is 12.3. The second-order valence-corrected chi connectivity index (χ2v) is 10.5. The lowest BCUT2D eigenvalue weighted by Crippen LogP contribution is -2.56. The van der Waals surface area contributed by atoms with Crippen LogP contribution in [0, 0.1) is 30.1 Å². The average molecular weight is 440 g/mol. The number of carbonyl (C=O) groups is 3. The molecule has 4 fully saturated rings. The van der Waals surface area contributed by atoms with E-state index in [2.05, 4.69) is 17.6 Å². The molecule has 3 amide bonds. The lowest BCUT2D eigenvalue weighted by atomic mass is 9.49. The number of hydrogen-bond donors (Lipinski definition) is 2. The van der Waals surface area contributed by atoms with Gasteiger partial charge in [-0.1, -0.05) is 31.0 Å². The quantitative estimate of drug-likeness (QED) is 0.613. The van der Waals surface area contributed by atoms with Gasteiger partial charge in [0.1, 0.15) is 0 Å². The highest BCUT2D eigenvalue weighted by molar-refractivity contribution is 5.95. The van der Waals surface area contributed by atoms with E-state index in [1.807, 2.05) is 31.2 Å². The fraction of sp³-hybridized carbons (Fsp3) is 0.654. The largest absolute Gasteiger partial charge is 0.345 e. The molecular weight excluding hydrogens is 402 g/mol. The van der Waals surface area contributed by atoms with Gasteiger partial charge < -0.3 is 15.5 Å². The monoisotopic (exact) mass is 439 g/mol. The third-order valence-corrected chi connectivity index (χ3v) is 7.68. The number of carbonyl (C=O) groups excluding carboxylic acids is 3. The Labute approximate surface area is 191 Å². The van der Waals surface area contributed by atoms with Crippen molar-refractivity contribution in [2.75, 3.05) is 25.0 Å². The molecule has 32 heavy (non-hydrogen) atoms. The summed E-state index contributed by atoms with van der Waals surface area (Å²) in [6.07, 6.45) is 8.74. The molecule has 0 unspecified atom stereocenters. The zero-order chi connectivity index (χ0) is 22.7. The van der Waals surface area contributed by atoms with Crippen molar-refractivity contribution in [3.8, 4) is 0 Å². The van der Waals surface area contributed by atoms with Gasteiger partial charge in [0.25, 0.3) is 0 Å². The summed E-state index contributed by atoms with van der Waals surface area (Å²) in [5.74, 6) is 1.73. The van der Waals surface area contributed by atoms with Gasteiger partial charge in [-0.3, -0.25) is 14.4 Å². The van der Waals surface area contributed by atoms with Crippen LogP contribution >= 0.6 is 0 Å². The number of nitrogens with one attached hydrogen (secondary N) is 2. The second kappa shape index (κ2) is 9.63. The second-order valence-electron chi connectivity index (χ2n) is 10.5. The summed E-state index contributed by atoms with van der Waals surface area (Å²) in [6, 6.07) is 7.53. The number of unbranched alkanes of at least 4 members (excludes halogenated alkanes) is 1. The lowest BCUT2D eigenvalue weighted by Gasteiger charge is -2.56. The van der Waals surface area contributed by atoms with Crippen LogP contribution in [0.5, 0.6) is 0 Å². The summed E-state index contributed by atoms with van der Waals surface area (Å²) in [4.78, 5) is 40.4. The highest BCUT2D eigenvalue weighted by Crippen LogP contribution is 2.60. The summed E-state index contributed by atoms with van der Waals surface area (Å²) in [7, 11) is 0. The van der Waals surface area contributed by atoms with Gasteiger partial charge in [0, 0.05) is 12.2 Å². The van der Waals surface area contributed by atoms with Gasteiger partial charge in [-0.05, 0) is 81.8 Å². The predicted molar refractivity (Wildman–Crippen MR) is 125 cm³/mol. The minimum absolute atomic E-state index is 0.0401. The lowest BCUT2D eigenvalue weighted by molar-refractivity contribution is -0.159. The van der Waals surface area contributed by atoms with Crippen LogP contribution < -0.4 is 10.6 Å². The molecule has 2 N–H and O–H groups in total. The van der Waals surface area contributed by atoms with Crippen molar-refractivity contribution in [2.24, 2.45) is 23.2 Å². The number of hydrogen-bond acceptors (Lipinski definition) is 3. The number of anilines is 1. The molecule has 0 aliphatic heterocycles. The molecule has 1 aromatic rings. The fourth-order valence-corrected chi connectivity index (χ4v) is 6.56. The van der Waals surface area contributed by atoms with Gasteiger partial charge in [0.05, 0.1) is 18.5 Å². The number of aryl methyl sites for hydroxylation is 1. The minimum atomic E-state index is -0.269. The molecule has 0 aromatic heterocycles. The Hall–Kier alpha value is -2.37. The van der Waals surface area contributed by atoms with Crippen molar-refractivity contribution in [2.45, 2.75) is 65.2 Å². The van der Waals surface area contributed by atoms with E-state index < -0.39 is 0 Å². The van der Waals surface area contributed by atoms with Crippen LogP contribution in [0.3, 0.4) is 0 Å². The van der Waals surface area contributed by atoms with Gasteiger partial charge in [-0.15, -0.1) is 0 Å². The Bertz CT molecular complexity index is 813. The molecule has 4 bridgehead atoms. The summed E-state index contributed by atoms with van der Waals surface area (Å²) >= 11 is 0. The van der Waals surface area contributed by atoms with Crippen molar-refractivity contribution in [3.05, 3.63) is 29.8 Å². The first-order valence-electron chi connectivity index (χ1n) is 12.3. The zero-order valence-corrected chi connectivity index (χ0v) is 19.5. The van der Waals surface area contributed by atoms with Crippen molar-refractivity contribution in [1.29, 1.82) is 0 Å². The standard InChI is InChI=1S/C26H37N3O3/c1-3-4-9-29(25(32)26-13-19-10-20(14-26)12-21(11-19)15-26)17-24(31)27-16-23(30)28-22-7-5-18(2)6-8-22/h5-8,19-21H,3-4,9-17H2,1-2H3,(H,27,31)(H,28,30). The van der Waals surface area contributed by atoms with Crippen LogP contribution in [0.2, 0.25) is 0 Å². The van der Waals surface area contributed by atoms with Crippen molar-refractivity contribution >= 4 is 23.4 Å². The van der Waals surface area contributed by atoms with Gasteiger partial charge >= 0.3 is 0 Å². The van der Waals surface area contributed by atoms with Crippen LogP contribution in [-0.2, 0) is 14.4 Å². The van der Waals surface area contributed by atoms with E-state index in [9.17, 15) is 14.4 Å². The summed E-state index contributed by atoms with van der Waals surface area (Å²) in [5.41, 5.74) is 1.58. The Morgan fingerprint density at radius 1 is 0.969 bits per heavy atom. The van der Waals surface area contributed by atoms with Crippen LogP contribution in [-0.4, -0.2) is 42.3 Å². The smallest absolute Gasteiger partial charge is 0.243 e. The van der Waals surface area contributed by atoms with E-state index in [1.54, 1.807) is 4.90 Å². The maximum Gasteiger partial charge on any atom is 0.243 e. The summed E-state index contributed by atoms with van der Waals surface area (Å²) in [6.45, 7) is 4.64. The Morgan fingerprint density at radius 3 is 2.12 bits per heavy atom. The number of rotatable bonds is 9. The summed E-state index contributed by atoms with van der Waals surface area (Å²) in [5, 5.41) is 5.49.